The molecule has 0 spiro atoms. The van der Waals surface area contributed by atoms with E-state index >= 15 is 0 Å². The van der Waals surface area contributed by atoms with Gasteiger partial charge in [0.25, 0.3) is 0 Å². The quantitative estimate of drug-likeness (QED) is 0.639. The lowest BCUT2D eigenvalue weighted by Gasteiger charge is -2.23. The van der Waals surface area contributed by atoms with E-state index in [-0.39, 0.29) is 18.4 Å². The zero-order valence-corrected chi connectivity index (χ0v) is 8.34. The van der Waals surface area contributed by atoms with Crippen molar-refractivity contribution in [1.29, 1.82) is 0 Å². The standard InChI is InChI=1S/C13H13NO/c1-2-5-10(6-3-1)12-9-11-7-4-8-13(11)15-14-12/h1-6,8,11,13H,7,9H2/t11-,13-/m0/s1/i9D/t9-,11+,13+/m1. The fourth-order valence-corrected chi connectivity index (χ4v) is 2.03. The van der Waals surface area contributed by atoms with Gasteiger partial charge in [-0.05, 0) is 18.1 Å². The topological polar surface area (TPSA) is 21.6 Å². The van der Waals surface area contributed by atoms with Gasteiger partial charge in [0.1, 0.15) is 6.10 Å². The highest BCUT2D eigenvalue weighted by Crippen LogP contribution is 2.30. The molecule has 3 rings (SSSR count). The summed E-state index contributed by atoms with van der Waals surface area (Å²) in [5.41, 5.74) is 1.75. The van der Waals surface area contributed by atoms with Crippen LogP contribution in [0, 0.1) is 5.92 Å². The molecule has 0 saturated heterocycles. The lowest BCUT2D eigenvalue weighted by atomic mass is 9.93. The van der Waals surface area contributed by atoms with Crippen LogP contribution in [0.1, 0.15) is 19.8 Å². The van der Waals surface area contributed by atoms with E-state index in [2.05, 4.69) is 11.2 Å². The Kier molecular flexibility index (Phi) is 1.81. The Morgan fingerprint density at radius 2 is 2.20 bits per heavy atom. The molecule has 3 atom stereocenters. The second kappa shape index (κ2) is 3.54. The number of hydrogen-bond donors (Lipinski definition) is 0. The molecule has 2 heteroatoms. The van der Waals surface area contributed by atoms with Crippen LogP contribution >= 0.6 is 0 Å². The molecule has 0 fully saturated rings. The van der Waals surface area contributed by atoms with Crippen molar-refractivity contribution in [3.8, 4) is 0 Å². The smallest absolute Gasteiger partial charge is 0.149 e. The van der Waals surface area contributed by atoms with E-state index in [1.807, 2.05) is 36.4 Å². The summed E-state index contributed by atoms with van der Waals surface area (Å²) in [6.45, 7) is 0. The van der Waals surface area contributed by atoms with Gasteiger partial charge in [-0.25, -0.2) is 0 Å². The Morgan fingerprint density at radius 3 is 3.07 bits per heavy atom. The van der Waals surface area contributed by atoms with E-state index in [4.69, 9.17) is 6.21 Å². The summed E-state index contributed by atoms with van der Waals surface area (Å²) in [6, 6.07) is 9.85. The monoisotopic (exact) mass is 200 g/mol. The normalized spacial score (nSPS) is 34.0. The minimum atomic E-state index is -0.281. The molecule has 2 aliphatic rings. The number of benzene rings is 1. The first-order valence-corrected chi connectivity index (χ1v) is 5.24. The lowest BCUT2D eigenvalue weighted by Crippen LogP contribution is -2.25. The molecule has 2 nitrogen and oxygen atoms in total. The van der Waals surface area contributed by atoms with Crippen molar-refractivity contribution >= 4 is 5.71 Å². The zero-order chi connectivity index (χ0) is 11.0. The van der Waals surface area contributed by atoms with Gasteiger partial charge in [-0.2, -0.15) is 0 Å². The maximum Gasteiger partial charge on any atom is 0.149 e. The van der Waals surface area contributed by atoms with Crippen LogP contribution < -0.4 is 0 Å². The molecular weight excluding hydrogens is 186 g/mol. The molecule has 0 N–H and O–H groups in total. The average Bonchev–Trinajstić information content (AvgIpc) is 2.80. The molecule has 0 saturated carbocycles. The number of oxime groups is 1. The van der Waals surface area contributed by atoms with Gasteiger partial charge in [-0.3, -0.25) is 0 Å². The number of hydrogen-bond acceptors (Lipinski definition) is 2. The predicted molar refractivity (Wildman–Crippen MR) is 59.7 cm³/mol. The van der Waals surface area contributed by atoms with E-state index < -0.39 is 0 Å². The van der Waals surface area contributed by atoms with Crippen LogP contribution in [0.25, 0.3) is 0 Å². The summed E-state index contributed by atoms with van der Waals surface area (Å²) >= 11 is 0. The van der Waals surface area contributed by atoms with Crippen LogP contribution in [0.5, 0.6) is 0 Å². The summed E-state index contributed by atoms with van der Waals surface area (Å²) in [4.78, 5) is 5.42. The maximum atomic E-state index is 8.24. The number of fused-ring (bicyclic) bond motifs is 1. The molecule has 1 aliphatic carbocycles. The molecule has 1 aromatic carbocycles. The average molecular weight is 200 g/mol. The zero-order valence-electron chi connectivity index (χ0n) is 9.34. The second-order valence-corrected chi connectivity index (χ2v) is 3.91. The minimum Gasteiger partial charge on any atom is -0.388 e. The minimum absolute atomic E-state index is 0.00922. The predicted octanol–water partition coefficient (Wildman–Crippen LogP) is 2.76. The first-order valence-electron chi connectivity index (χ1n) is 5.82. The number of rotatable bonds is 1. The Labute approximate surface area is 90.7 Å². The van der Waals surface area contributed by atoms with Crippen LogP contribution in [-0.2, 0) is 4.84 Å². The van der Waals surface area contributed by atoms with Crippen molar-refractivity contribution < 1.29 is 6.21 Å². The second-order valence-electron chi connectivity index (χ2n) is 3.91. The highest BCUT2D eigenvalue weighted by atomic mass is 16.6. The van der Waals surface area contributed by atoms with Crippen LogP contribution in [0.15, 0.2) is 47.6 Å². The SMILES string of the molecule is [2H][C@H]1C(c2ccccc2)=NO[C@H]2C=CC[C@H]21. The highest BCUT2D eigenvalue weighted by Gasteiger charge is 2.30. The van der Waals surface area contributed by atoms with Gasteiger partial charge in [-0.15, -0.1) is 0 Å². The van der Waals surface area contributed by atoms with Crippen molar-refractivity contribution in [3.05, 3.63) is 48.0 Å². The number of nitrogens with zero attached hydrogens (tertiary/aromatic N) is 1. The van der Waals surface area contributed by atoms with Crippen molar-refractivity contribution in [3.63, 3.8) is 0 Å². The van der Waals surface area contributed by atoms with Crippen LogP contribution in [0.2, 0.25) is 0 Å². The fourth-order valence-electron chi connectivity index (χ4n) is 2.03. The van der Waals surface area contributed by atoms with E-state index in [1.165, 1.54) is 0 Å². The van der Waals surface area contributed by atoms with E-state index in [0.29, 0.717) is 0 Å². The largest absolute Gasteiger partial charge is 0.388 e. The van der Waals surface area contributed by atoms with Crippen LogP contribution in [0.4, 0.5) is 0 Å². The summed E-state index contributed by atoms with van der Waals surface area (Å²) in [5, 5.41) is 4.10. The van der Waals surface area contributed by atoms with Gasteiger partial charge >= 0.3 is 0 Å². The molecule has 1 aliphatic heterocycles. The summed E-state index contributed by atoms with van der Waals surface area (Å²) < 4.78 is 8.24. The molecule has 15 heavy (non-hydrogen) atoms. The van der Waals surface area contributed by atoms with Crippen LogP contribution in [-0.4, -0.2) is 11.8 Å². The van der Waals surface area contributed by atoms with E-state index in [1.54, 1.807) is 0 Å². The summed E-state index contributed by atoms with van der Waals surface area (Å²) in [6.07, 6.45) is 4.74. The number of allylic oxidation sites excluding steroid dienone is 1. The first kappa shape index (κ1) is 7.69. The van der Waals surface area contributed by atoms with Crippen molar-refractivity contribution in [1.82, 2.24) is 0 Å². The molecule has 0 radical (unpaired) electrons. The summed E-state index contributed by atoms with van der Waals surface area (Å²) in [7, 11) is 0. The van der Waals surface area contributed by atoms with Gasteiger partial charge in [-0.1, -0.05) is 41.6 Å². The van der Waals surface area contributed by atoms with Gasteiger partial charge in [0.05, 0.1) is 5.71 Å². The van der Waals surface area contributed by atoms with Gasteiger partial charge in [0, 0.05) is 13.7 Å². The van der Waals surface area contributed by atoms with Gasteiger partial charge in [0.2, 0.25) is 0 Å². The molecule has 1 aromatic rings. The molecule has 1 heterocycles. The van der Waals surface area contributed by atoms with Gasteiger partial charge < -0.3 is 4.84 Å². The highest BCUT2D eigenvalue weighted by molar-refractivity contribution is 6.00. The molecule has 0 amide bonds. The molecular formula is C13H13NO. The third-order valence-corrected chi connectivity index (χ3v) is 2.87. The fraction of sp³-hybridized carbons (Fsp3) is 0.308. The van der Waals surface area contributed by atoms with Crippen LogP contribution in [0.3, 0.4) is 0 Å². The van der Waals surface area contributed by atoms with E-state index in [0.717, 1.165) is 17.7 Å². The molecule has 0 unspecified atom stereocenters. The first-order chi connectivity index (χ1) is 7.86. The lowest BCUT2D eigenvalue weighted by molar-refractivity contribution is 0.0466. The summed E-state index contributed by atoms with van der Waals surface area (Å²) in [5.74, 6) is 0.229. The Morgan fingerprint density at radius 1 is 1.33 bits per heavy atom. The Bertz CT molecular complexity index is 441. The Hall–Kier alpha value is -1.57. The molecule has 0 bridgehead atoms. The van der Waals surface area contributed by atoms with Crippen molar-refractivity contribution in [2.24, 2.45) is 11.1 Å². The van der Waals surface area contributed by atoms with Crippen molar-refractivity contribution in [2.45, 2.75) is 18.9 Å². The molecule has 76 valence electrons. The van der Waals surface area contributed by atoms with Crippen molar-refractivity contribution in [2.75, 3.05) is 0 Å². The third kappa shape index (κ3) is 1.56. The maximum absolute atomic E-state index is 8.24. The van der Waals surface area contributed by atoms with E-state index in [9.17, 15) is 0 Å². The third-order valence-electron chi connectivity index (χ3n) is 2.87. The Balaban J connectivity index is 1.93. The van der Waals surface area contributed by atoms with Gasteiger partial charge in [0.15, 0.2) is 0 Å². The molecule has 0 aromatic heterocycles.